The molecule has 3 rings (SSSR count). The summed E-state index contributed by atoms with van der Waals surface area (Å²) in [4.78, 5) is 12.1. The van der Waals surface area contributed by atoms with E-state index in [1.165, 1.54) is 7.11 Å². The van der Waals surface area contributed by atoms with Gasteiger partial charge in [-0.25, -0.2) is 0 Å². The Balaban J connectivity index is 1.95. The summed E-state index contributed by atoms with van der Waals surface area (Å²) in [7, 11) is 1.33. The molecule has 2 N–H and O–H groups in total. The van der Waals surface area contributed by atoms with Gasteiger partial charge in [0.1, 0.15) is 23.5 Å². The molecule has 0 aliphatic carbocycles. The molecule has 124 valence electrons. The number of thiocarbonyl (C=S) groups is 1. The molecule has 2 aromatic rings. The van der Waals surface area contributed by atoms with E-state index < -0.39 is 17.9 Å². The predicted octanol–water partition coefficient (Wildman–Crippen LogP) is 3.42. The molecule has 0 unspecified atom stereocenters. The fraction of sp³-hybridized carbons (Fsp3) is 0.176. The van der Waals surface area contributed by atoms with E-state index in [1.54, 1.807) is 18.2 Å². The number of carbonyl (C=O) groups excluding carboxylic acids is 1. The van der Waals surface area contributed by atoms with Crippen LogP contribution in [0.25, 0.3) is 11.3 Å². The maximum Gasteiger partial charge on any atom is 0.317 e. The summed E-state index contributed by atoms with van der Waals surface area (Å²) in [5, 5.41) is 6.90. The number of ether oxygens (including phenoxy) is 1. The van der Waals surface area contributed by atoms with Gasteiger partial charge in [-0.1, -0.05) is 30.3 Å². The average Bonchev–Trinajstić information content (AvgIpc) is 3.03. The molecule has 0 radical (unpaired) electrons. The number of benzene rings is 1. The highest BCUT2D eigenvalue weighted by molar-refractivity contribution is 7.80. The molecule has 1 fully saturated rings. The molecule has 1 aromatic heterocycles. The van der Waals surface area contributed by atoms with Crippen LogP contribution in [0.1, 0.15) is 11.8 Å². The van der Waals surface area contributed by atoms with E-state index in [0.717, 1.165) is 5.56 Å². The Morgan fingerprint density at radius 3 is 2.88 bits per heavy atom. The molecule has 24 heavy (non-hydrogen) atoms. The Morgan fingerprint density at radius 2 is 2.17 bits per heavy atom. The third-order valence-corrected chi connectivity index (χ3v) is 4.22. The van der Waals surface area contributed by atoms with Crippen molar-refractivity contribution in [3.63, 3.8) is 0 Å². The first-order valence-corrected chi connectivity index (χ1v) is 7.98. The van der Waals surface area contributed by atoms with Crippen LogP contribution < -0.4 is 10.6 Å². The maximum atomic E-state index is 12.1. The smallest absolute Gasteiger partial charge is 0.317 e. The summed E-state index contributed by atoms with van der Waals surface area (Å²) in [6, 6.07) is 10.5. The Kier molecular flexibility index (Phi) is 4.59. The molecule has 0 saturated carbocycles. The summed E-state index contributed by atoms with van der Waals surface area (Å²) in [5.74, 6) is 0.131. The summed E-state index contributed by atoms with van der Waals surface area (Å²) < 4.78 is 10.8. The number of esters is 1. The molecule has 1 aromatic carbocycles. The van der Waals surface area contributed by atoms with Crippen molar-refractivity contribution in [1.82, 2.24) is 10.6 Å². The van der Waals surface area contributed by atoms with Crippen molar-refractivity contribution in [3.8, 4) is 11.3 Å². The summed E-state index contributed by atoms with van der Waals surface area (Å²) >= 11 is 11.2. The highest BCUT2D eigenvalue weighted by Crippen LogP contribution is 2.34. The second-order valence-electron chi connectivity index (χ2n) is 5.31. The minimum Gasteiger partial charge on any atom is -0.468 e. The lowest BCUT2D eigenvalue weighted by Gasteiger charge is -2.33. The molecule has 5 nitrogen and oxygen atoms in total. The average molecular weight is 363 g/mol. The van der Waals surface area contributed by atoms with Crippen molar-refractivity contribution in [3.05, 3.63) is 59.5 Å². The lowest BCUT2D eigenvalue weighted by atomic mass is 9.93. The van der Waals surface area contributed by atoms with Crippen LogP contribution in [-0.4, -0.2) is 18.2 Å². The summed E-state index contributed by atoms with van der Waals surface area (Å²) in [5.41, 5.74) is 1.31. The fourth-order valence-electron chi connectivity index (χ4n) is 2.64. The second-order valence-corrected chi connectivity index (χ2v) is 6.16. The van der Waals surface area contributed by atoms with Crippen molar-refractivity contribution in [2.24, 2.45) is 5.92 Å². The number of furan rings is 1. The molecule has 0 spiro atoms. The van der Waals surface area contributed by atoms with Gasteiger partial charge in [-0.15, -0.1) is 0 Å². The molecule has 7 heteroatoms. The molecule has 2 atom stereocenters. The lowest BCUT2D eigenvalue weighted by molar-refractivity contribution is -0.145. The third kappa shape index (κ3) is 3.16. The van der Waals surface area contributed by atoms with Crippen molar-refractivity contribution in [1.29, 1.82) is 0 Å². The second kappa shape index (κ2) is 6.67. The molecule has 2 heterocycles. The van der Waals surface area contributed by atoms with Crippen molar-refractivity contribution < 1.29 is 13.9 Å². The first-order valence-electron chi connectivity index (χ1n) is 7.19. The van der Waals surface area contributed by atoms with E-state index in [-0.39, 0.29) is 0 Å². The van der Waals surface area contributed by atoms with E-state index in [2.05, 4.69) is 17.2 Å². The zero-order valence-corrected chi connectivity index (χ0v) is 14.4. The van der Waals surface area contributed by atoms with Gasteiger partial charge < -0.3 is 19.8 Å². The SMILES string of the molecule is C=C1NC(=S)N[C@@H](c2ccc(-c3cccc(Cl)c3)o2)[C@H]1C(=O)OC. The van der Waals surface area contributed by atoms with Crippen molar-refractivity contribution in [2.45, 2.75) is 6.04 Å². The normalized spacial score (nSPS) is 20.2. The molecule has 1 aliphatic heterocycles. The van der Waals surface area contributed by atoms with Crippen LogP contribution in [0.15, 0.2) is 53.1 Å². The number of rotatable bonds is 3. The quantitative estimate of drug-likeness (QED) is 0.644. The van der Waals surface area contributed by atoms with Crippen LogP contribution in [0.2, 0.25) is 5.02 Å². The largest absolute Gasteiger partial charge is 0.468 e. The van der Waals surface area contributed by atoms with Gasteiger partial charge >= 0.3 is 5.97 Å². The van der Waals surface area contributed by atoms with Gasteiger partial charge in [0.25, 0.3) is 0 Å². The Labute approximate surface area is 149 Å². The topological polar surface area (TPSA) is 63.5 Å². The lowest BCUT2D eigenvalue weighted by Crippen LogP contribution is -2.50. The summed E-state index contributed by atoms with van der Waals surface area (Å²) in [6.45, 7) is 3.87. The number of carbonyl (C=O) groups is 1. The zero-order valence-electron chi connectivity index (χ0n) is 12.8. The highest BCUT2D eigenvalue weighted by atomic mass is 35.5. The Hall–Kier alpha value is -2.31. The van der Waals surface area contributed by atoms with E-state index in [0.29, 0.717) is 27.4 Å². The fourth-order valence-corrected chi connectivity index (χ4v) is 3.09. The minimum atomic E-state index is -0.653. The van der Waals surface area contributed by atoms with E-state index in [9.17, 15) is 4.79 Å². The van der Waals surface area contributed by atoms with Gasteiger partial charge in [0.15, 0.2) is 5.11 Å². The van der Waals surface area contributed by atoms with Crippen LogP contribution in [0.5, 0.6) is 0 Å². The first kappa shape index (κ1) is 16.5. The monoisotopic (exact) mass is 362 g/mol. The number of hydrogen-bond acceptors (Lipinski definition) is 4. The summed E-state index contributed by atoms with van der Waals surface area (Å²) in [6.07, 6.45) is 0. The minimum absolute atomic E-state index is 0.380. The van der Waals surface area contributed by atoms with Crippen LogP contribution >= 0.6 is 23.8 Å². The van der Waals surface area contributed by atoms with Gasteiger partial charge in [0.2, 0.25) is 0 Å². The van der Waals surface area contributed by atoms with Crippen molar-refractivity contribution >= 4 is 34.9 Å². The number of methoxy groups -OCH3 is 1. The van der Waals surface area contributed by atoms with Gasteiger partial charge in [0, 0.05) is 16.3 Å². The number of halogens is 1. The predicted molar refractivity (Wildman–Crippen MR) is 95.4 cm³/mol. The Morgan fingerprint density at radius 1 is 1.38 bits per heavy atom. The molecule has 0 bridgehead atoms. The van der Waals surface area contributed by atoms with E-state index in [1.807, 2.05) is 18.2 Å². The number of hydrogen-bond donors (Lipinski definition) is 2. The molecular weight excluding hydrogens is 348 g/mol. The first-order chi connectivity index (χ1) is 11.5. The van der Waals surface area contributed by atoms with E-state index >= 15 is 0 Å². The van der Waals surface area contributed by atoms with Crippen LogP contribution in [0.3, 0.4) is 0 Å². The van der Waals surface area contributed by atoms with Gasteiger partial charge in [-0.2, -0.15) is 0 Å². The van der Waals surface area contributed by atoms with Gasteiger partial charge in [-0.3, -0.25) is 4.79 Å². The van der Waals surface area contributed by atoms with E-state index in [4.69, 9.17) is 33.0 Å². The third-order valence-electron chi connectivity index (χ3n) is 3.77. The zero-order chi connectivity index (χ0) is 17.3. The molecule has 1 saturated heterocycles. The molecule has 0 amide bonds. The number of nitrogens with one attached hydrogen (secondary N) is 2. The van der Waals surface area contributed by atoms with Gasteiger partial charge in [0.05, 0.1) is 7.11 Å². The van der Waals surface area contributed by atoms with Crippen LogP contribution in [-0.2, 0) is 9.53 Å². The standard InChI is InChI=1S/C17H15ClN2O3S/c1-9-14(16(21)22-2)15(20-17(24)19-9)13-7-6-12(23-13)10-4-3-5-11(18)8-10/h3-8,14-15H,1H2,2H3,(H2,19,20,24)/t14-,15-/m0/s1. The Bertz CT molecular complexity index is 818. The van der Waals surface area contributed by atoms with Gasteiger partial charge in [-0.05, 0) is 36.5 Å². The molecule has 1 aliphatic rings. The van der Waals surface area contributed by atoms with Crippen molar-refractivity contribution in [2.75, 3.05) is 7.11 Å². The molecular formula is C17H15ClN2O3S. The maximum absolute atomic E-state index is 12.1. The van der Waals surface area contributed by atoms with Crippen LogP contribution in [0.4, 0.5) is 0 Å². The van der Waals surface area contributed by atoms with Crippen LogP contribution in [0, 0.1) is 5.92 Å². The highest BCUT2D eigenvalue weighted by Gasteiger charge is 2.39.